The van der Waals surface area contributed by atoms with E-state index in [0.717, 1.165) is 37.9 Å². The summed E-state index contributed by atoms with van der Waals surface area (Å²) >= 11 is 8.37. The molecule has 0 saturated heterocycles. The monoisotopic (exact) mass is 620 g/mol. The number of thiol groups is 2. The van der Waals surface area contributed by atoms with Gasteiger partial charge in [0.05, 0.1) is 9.49 Å². The summed E-state index contributed by atoms with van der Waals surface area (Å²) in [6.45, 7) is 8.57. The maximum atomic E-state index is 12.1. The van der Waals surface area contributed by atoms with Crippen LogP contribution in [0, 0.1) is 0 Å². The van der Waals surface area contributed by atoms with Crippen molar-refractivity contribution < 1.29 is 29.4 Å². The summed E-state index contributed by atoms with van der Waals surface area (Å²) in [6.07, 6.45) is 5.17. The summed E-state index contributed by atoms with van der Waals surface area (Å²) in [7, 11) is 6.03. The number of carboxylic acids is 2. The highest BCUT2D eigenvalue weighted by molar-refractivity contribution is 8.77. The minimum Gasteiger partial charge on any atom is -0.480 e. The second-order valence-corrected chi connectivity index (χ2v) is 16.8. The van der Waals surface area contributed by atoms with Crippen molar-refractivity contribution in [2.75, 3.05) is 17.3 Å². The molecule has 0 aliphatic rings. The number of aliphatic carboxylic acids is 2. The van der Waals surface area contributed by atoms with Crippen LogP contribution in [0.3, 0.4) is 0 Å². The van der Waals surface area contributed by atoms with Gasteiger partial charge in [0.25, 0.3) is 0 Å². The van der Waals surface area contributed by atoms with Crippen molar-refractivity contribution in [1.29, 1.82) is 0 Å². The zero-order valence-corrected chi connectivity index (χ0v) is 26.5. The molecular weight excluding hydrogens is 581 g/mol. The largest absolute Gasteiger partial charge is 0.480 e. The molecule has 0 heterocycles. The first-order chi connectivity index (χ1) is 16.6. The Hall–Kier alpha value is -0.0200. The van der Waals surface area contributed by atoms with Gasteiger partial charge in [0.1, 0.15) is 12.1 Å². The number of unbranched alkanes of at least 4 members (excludes halogenated alkanes) is 2. The lowest BCUT2D eigenvalue weighted by Crippen LogP contribution is -2.48. The van der Waals surface area contributed by atoms with Crippen molar-refractivity contribution in [1.82, 2.24) is 10.6 Å². The van der Waals surface area contributed by atoms with Crippen molar-refractivity contribution in [2.24, 2.45) is 0 Å². The van der Waals surface area contributed by atoms with Gasteiger partial charge in [0, 0.05) is 22.5 Å². The van der Waals surface area contributed by atoms with Crippen molar-refractivity contribution in [3.63, 3.8) is 0 Å². The first-order valence-corrected chi connectivity index (χ1v) is 17.4. The second kappa shape index (κ2) is 18.3. The molecule has 0 aromatic rings. The van der Waals surface area contributed by atoms with Crippen LogP contribution < -0.4 is 10.6 Å². The van der Waals surface area contributed by atoms with E-state index in [9.17, 15) is 29.4 Å². The zero-order valence-electron chi connectivity index (χ0n) is 21.4. The summed E-state index contributed by atoms with van der Waals surface area (Å²) in [5.41, 5.74) is 0. The number of hydrogen-bond acceptors (Lipinski definition) is 10. The van der Waals surface area contributed by atoms with Crippen LogP contribution in [0.1, 0.15) is 66.7 Å². The summed E-state index contributed by atoms with van der Waals surface area (Å²) in [5.74, 6) is -1.75. The molecule has 0 aliphatic carbocycles. The highest BCUT2D eigenvalue weighted by Gasteiger charge is 2.29. The van der Waals surface area contributed by atoms with Gasteiger partial charge in [-0.1, -0.05) is 69.4 Å². The van der Waals surface area contributed by atoms with Gasteiger partial charge < -0.3 is 20.8 Å². The summed E-state index contributed by atoms with van der Waals surface area (Å²) in [5, 5.41) is 24.2. The van der Waals surface area contributed by atoms with Crippen LogP contribution in [-0.4, -0.2) is 78.1 Å². The summed E-state index contributed by atoms with van der Waals surface area (Å²) < 4.78 is -1.92. The third-order valence-electron chi connectivity index (χ3n) is 4.73. The molecule has 0 bridgehead atoms. The van der Waals surface area contributed by atoms with E-state index in [0.29, 0.717) is 5.25 Å². The van der Waals surface area contributed by atoms with Crippen LogP contribution in [0.4, 0.5) is 0 Å². The van der Waals surface area contributed by atoms with E-state index in [2.05, 4.69) is 42.8 Å². The first kappa shape index (κ1) is 36.0. The quantitative estimate of drug-likeness (QED) is 0.0650. The van der Waals surface area contributed by atoms with Crippen LogP contribution >= 0.6 is 68.4 Å². The van der Waals surface area contributed by atoms with E-state index < -0.39 is 45.3 Å². The second-order valence-electron chi connectivity index (χ2n) is 9.24. The maximum absolute atomic E-state index is 12.1. The van der Waals surface area contributed by atoms with Gasteiger partial charge in [-0.15, -0.1) is 0 Å². The molecule has 2 amide bonds. The molecule has 0 fully saturated rings. The minimum absolute atomic E-state index is 0.236. The van der Waals surface area contributed by atoms with Crippen LogP contribution in [0.15, 0.2) is 0 Å². The lowest BCUT2D eigenvalue weighted by Gasteiger charge is -2.22. The topological polar surface area (TPSA) is 133 Å². The molecule has 0 aliphatic heterocycles. The third-order valence-corrected chi connectivity index (χ3v) is 10.6. The minimum atomic E-state index is -1.08. The lowest BCUT2D eigenvalue weighted by atomic mass is 10.1. The number of amides is 2. The average Bonchev–Trinajstić information content (AvgIpc) is 2.75. The van der Waals surface area contributed by atoms with E-state index in [1.807, 2.05) is 0 Å². The molecule has 0 spiro atoms. The number of carboxylic acid groups (broad SMARTS) is 2. The Morgan fingerprint density at radius 2 is 1.25 bits per heavy atom. The van der Waals surface area contributed by atoms with Crippen LogP contribution in [0.25, 0.3) is 0 Å². The van der Waals surface area contributed by atoms with Gasteiger partial charge in [-0.05, 0) is 40.5 Å². The standard InChI is InChI=1S/C22H40N2O6S6/c1-6-7-8-9-14(36-35-13-16(18(27)28)24-20(30)22(4,5)32)10-11-33-34-12-15(17(25)26)23-19(29)21(2,3)31/h14-16,31-32H,6-13H2,1-5H3,(H,23,29)(H,24,30)(H,25,26)(H,27,28). The highest BCUT2D eigenvalue weighted by atomic mass is 33.1. The predicted octanol–water partition coefficient (Wildman–Crippen LogP) is 4.64. The molecule has 36 heavy (non-hydrogen) atoms. The number of carbonyl (C=O) groups excluding carboxylic acids is 2. The number of hydrogen-bond donors (Lipinski definition) is 6. The van der Waals surface area contributed by atoms with Gasteiger partial charge >= 0.3 is 11.9 Å². The SMILES string of the molecule is CCCCCC(CCSSCC(NC(=O)C(C)(C)S)C(=O)O)SSCC(NC(=O)C(C)(C)S)C(=O)O. The summed E-state index contributed by atoms with van der Waals surface area (Å²) in [4.78, 5) is 47.2. The molecule has 3 unspecified atom stereocenters. The molecule has 0 saturated carbocycles. The fraction of sp³-hybridized carbons (Fsp3) is 0.818. The lowest BCUT2D eigenvalue weighted by molar-refractivity contribution is -0.141. The first-order valence-electron chi connectivity index (χ1n) is 11.6. The van der Waals surface area contributed by atoms with Crippen LogP contribution in [-0.2, 0) is 19.2 Å². The van der Waals surface area contributed by atoms with E-state index in [4.69, 9.17) is 0 Å². The third kappa shape index (κ3) is 16.7. The molecule has 210 valence electrons. The molecular formula is C22H40N2O6S6. The fourth-order valence-corrected chi connectivity index (χ4v) is 7.92. The Bertz CT molecular complexity index is 714. The highest BCUT2D eigenvalue weighted by Crippen LogP contribution is 2.35. The molecule has 0 aromatic heterocycles. The Balaban J connectivity index is 4.67. The number of nitrogens with one attached hydrogen (secondary N) is 2. The molecule has 0 radical (unpaired) electrons. The van der Waals surface area contributed by atoms with Gasteiger partial charge in [-0.3, -0.25) is 9.59 Å². The Labute approximate surface area is 241 Å². The smallest absolute Gasteiger partial charge is 0.327 e. The fourth-order valence-electron chi connectivity index (χ4n) is 2.44. The summed E-state index contributed by atoms with van der Waals surface area (Å²) in [6, 6.07) is -1.98. The zero-order chi connectivity index (χ0) is 27.9. The molecule has 3 atom stereocenters. The maximum Gasteiger partial charge on any atom is 0.327 e. The predicted molar refractivity (Wildman–Crippen MR) is 163 cm³/mol. The Morgan fingerprint density at radius 1 is 0.778 bits per heavy atom. The van der Waals surface area contributed by atoms with E-state index in [1.165, 1.54) is 21.6 Å². The Morgan fingerprint density at radius 3 is 1.67 bits per heavy atom. The van der Waals surface area contributed by atoms with Crippen molar-refractivity contribution >= 4 is 92.2 Å². The molecule has 8 nitrogen and oxygen atoms in total. The normalized spacial score (nSPS) is 14.5. The number of rotatable bonds is 20. The number of carbonyl (C=O) groups is 4. The van der Waals surface area contributed by atoms with Crippen molar-refractivity contribution in [3.8, 4) is 0 Å². The van der Waals surface area contributed by atoms with Gasteiger partial charge in [0.15, 0.2) is 0 Å². The van der Waals surface area contributed by atoms with E-state index in [-0.39, 0.29) is 11.5 Å². The molecule has 4 N–H and O–H groups in total. The Kier molecular flexibility index (Phi) is 18.3. The molecule has 0 aromatic carbocycles. The molecule has 14 heteroatoms. The van der Waals surface area contributed by atoms with Gasteiger partial charge in [-0.2, -0.15) is 25.3 Å². The van der Waals surface area contributed by atoms with Gasteiger partial charge in [0.2, 0.25) is 11.8 Å². The average molecular weight is 621 g/mol. The van der Waals surface area contributed by atoms with Gasteiger partial charge in [-0.25, -0.2) is 9.59 Å². The van der Waals surface area contributed by atoms with E-state index >= 15 is 0 Å². The van der Waals surface area contributed by atoms with Crippen molar-refractivity contribution in [2.45, 2.75) is 93.6 Å². The molecule has 0 rings (SSSR count). The van der Waals surface area contributed by atoms with E-state index in [1.54, 1.807) is 49.3 Å². The van der Waals surface area contributed by atoms with Crippen LogP contribution in [0.2, 0.25) is 0 Å². The van der Waals surface area contributed by atoms with Crippen LogP contribution in [0.5, 0.6) is 0 Å². The van der Waals surface area contributed by atoms with Crippen molar-refractivity contribution in [3.05, 3.63) is 0 Å².